The SMILES string of the molecule is Cc1ccc(NC(=O)CSc2nnnn2C(C)(C)C)c(Br)c1. The molecule has 1 N–H and O–H groups in total. The Balaban J connectivity index is 1.98. The highest BCUT2D eigenvalue weighted by Gasteiger charge is 2.20. The van der Waals surface area contributed by atoms with Gasteiger partial charge in [0, 0.05) is 4.47 Å². The minimum absolute atomic E-state index is 0.0991. The van der Waals surface area contributed by atoms with Gasteiger partial charge in [-0.3, -0.25) is 4.79 Å². The topological polar surface area (TPSA) is 72.7 Å². The molecule has 1 aromatic carbocycles. The predicted octanol–water partition coefficient (Wildman–Crippen LogP) is 3.23. The summed E-state index contributed by atoms with van der Waals surface area (Å²) in [7, 11) is 0. The summed E-state index contributed by atoms with van der Waals surface area (Å²) < 4.78 is 2.58. The van der Waals surface area contributed by atoms with Crippen molar-refractivity contribution in [3.63, 3.8) is 0 Å². The van der Waals surface area contributed by atoms with Crippen LogP contribution in [0.15, 0.2) is 27.8 Å². The Bertz CT molecular complexity index is 680. The Labute approximate surface area is 142 Å². The Morgan fingerprint density at radius 2 is 2.14 bits per heavy atom. The zero-order valence-corrected chi connectivity index (χ0v) is 15.3. The lowest BCUT2D eigenvalue weighted by Crippen LogP contribution is -2.24. The third-order valence-electron chi connectivity index (χ3n) is 2.81. The van der Waals surface area contributed by atoms with E-state index in [2.05, 4.69) is 36.8 Å². The number of benzene rings is 1. The Morgan fingerprint density at radius 3 is 2.77 bits per heavy atom. The molecule has 0 radical (unpaired) electrons. The van der Waals surface area contributed by atoms with Crippen LogP contribution in [0.4, 0.5) is 5.69 Å². The second-order valence-corrected chi connectivity index (χ2v) is 7.66. The van der Waals surface area contributed by atoms with E-state index in [-0.39, 0.29) is 17.2 Å². The van der Waals surface area contributed by atoms with Crippen LogP contribution < -0.4 is 5.32 Å². The van der Waals surface area contributed by atoms with Gasteiger partial charge in [-0.25, -0.2) is 4.68 Å². The number of aromatic nitrogens is 4. The van der Waals surface area contributed by atoms with Gasteiger partial charge in [0.05, 0.1) is 17.0 Å². The van der Waals surface area contributed by atoms with E-state index in [0.717, 1.165) is 15.7 Å². The third kappa shape index (κ3) is 4.30. The van der Waals surface area contributed by atoms with Gasteiger partial charge in [-0.05, 0) is 71.7 Å². The summed E-state index contributed by atoms with van der Waals surface area (Å²) in [6.45, 7) is 8.03. The van der Waals surface area contributed by atoms with Crippen LogP contribution in [0.5, 0.6) is 0 Å². The average Bonchev–Trinajstić information content (AvgIpc) is 2.88. The number of thioether (sulfide) groups is 1. The second kappa shape index (κ2) is 6.78. The van der Waals surface area contributed by atoms with Crippen LogP contribution in [0, 0.1) is 6.92 Å². The van der Waals surface area contributed by atoms with Crippen LogP contribution in [0.1, 0.15) is 26.3 Å². The van der Waals surface area contributed by atoms with Crippen LogP contribution in [0.3, 0.4) is 0 Å². The molecule has 0 saturated heterocycles. The second-order valence-electron chi connectivity index (χ2n) is 5.86. The van der Waals surface area contributed by atoms with E-state index in [9.17, 15) is 4.79 Å². The number of anilines is 1. The number of carbonyl (C=O) groups is 1. The van der Waals surface area contributed by atoms with Crippen molar-refractivity contribution in [2.45, 2.75) is 38.4 Å². The summed E-state index contributed by atoms with van der Waals surface area (Å²) in [5.74, 6) is 0.148. The van der Waals surface area contributed by atoms with Gasteiger partial charge >= 0.3 is 0 Å². The van der Waals surface area contributed by atoms with Gasteiger partial charge in [-0.1, -0.05) is 17.8 Å². The van der Waals surface area contributed by atoms with Gasteiger partial charge in [-0.15, -0.1) is 5.10 Å². The van der Waals surface area contributed by atoms with E-state index in [1.165, 1.54) is 11.8 Å². The maximum atomic E-state index is 12.1. The van der Waals surface area contributed by atoms with Crippen molar-refractivity contribution in [3.8, 4) is 0 Å². The number of hydrogen-bond acceptors (Lipinski definition) is 5. The molecule has 0 aliphatic rings. The number of nitrogens with one attached hydrogen (secondary N) is 1. The standard InChI is InChI=1S/C14H18BrN5OS/c1-9-5-6-11(10(15)7-9)16-12(21)8-22-13-17-18-19-20(13)14(2,3)4/h5-7H,8H2,1-4H3,(H,16,21). The van der Waals surface area contributed by atoms with Crippen LogP contribution in [-0.4, -0.2) is 31.9 Å². The molecule has 0 unspecified atom stereocenters. The zero-order valence-electron chi connectivity index (χ0n) is 12.9. The Morgan fingerprint density at radius 1 is 1.41 bits per heavy atom. The molecule has 6 nitrogen and oxygen atoms in total. The van der Waals surface area contributed by atoms with Crippen LogP contribution in [0.2, 0.25) is 0 Å². The molecule has 1 aromatic heterocycles. The molecule has 0 atom stereocenters. The van der Waals surface area contributed by atoms with Gasteiger partial charge in [0.2, 0.25) is 11.1 Å². The lowest BCUT2D eigenvalue weighted by molar-refractivity contribution is -0.113. The molecule has 2 aromatic rings. The van der Waals surface area contributed by atoms with Crippen LogP contribution >= 0.6 is 27.7 Å². The normalized spacial score (nSPS) is 11.5. The molecule has 22 heavy (non-hydrogen) atoms. The van der Waals surface area contributed by atoms with Gasteiger partial charge in [0.25, 0.3) is 0 Å². The van der Waals surface area contributed by atoms with Crippen molar-refractivity contribution < 1.29 is 4.79 Å². The van der Waals surface area contributed by atoms with E-state index in [4.69, 9.17) is 0 Å². The molecule has 0 spiro atoms. The number of rotatable bonds is 4. The summed E-state index contributed by atoms with van der Waals surface area (Å²) in [6.07, 6.45) is 0. The van der Waals surface area contributed by atoms with Crippen molar-refractivity contribution in [3.05, 3.63) is 28.2 Å². The van der Waals surface area contributed by atoms with E-state index in [1.807, 2.05) is 45.9 Å². The molecule has 1 heterocycles. The summed E-state index contributed by atoms with van der Waals surface area (Å²) >= 11 is 4.76. The highest BCUT2D eigenvalue weighted by molar-refractivity contribution is 9.10. The third-order valence-corrected chi connectivity index (χ3v) is 4.38. The maximum absolute atomic E-state index is 12.1. The number of carbonyl (C=O) groups excluding carboxylic acids is 1. The van der Waals surface area contributed by atoms with Gasteiger partial charge < -0.3 is 5.32 Å². The number of aryl methyl sites for hydroxylation is 1. The highest BCUT2D eigenvalue weighted by Crippen LogP contribution is 2.25. The number of nitrogens with zero attached hydrogens (tertiary/aromatic N) is 4. The molecular weight excluding hydrogens is 366 g/mol. The predicted molar refractivity (Wildman–Crippen MR) is 91.0 cm³/mol. The fraction of sp³-hybridized carbons (Fsp3) is 0.429. The highest BCUT2D eigenvalue weighted by atomic mass is 79.9. The summed E-state index contributed by atoms with van der Waals surface area (Å²) in [6, 6.07) is 5.79. The Kier molecular flexibility index (Phi) is 5.23. The van der Waals surface area contributed by atoms with E-state index >= 15 is 0 Å². The molecule has 0 aliphatic heterocycles. The van der Waals surface area contributed by atoms with Crippen molar-refractivity contribution in [1.82, 2.24) is 20.2 Å². The quantitative estimate of drug-likeness (QED) is 0.820. The number of halogens is 1. The average molecular weight is 384 g/mol. The van der Waals surface area contributed by atoms with Gasteiger partial charge in [0.15, 0.2) is 0 Å². The number of hydrogen-bond donors (Lipinski definition) is 1. The van der Waals surface area contributed by atoms with Crippen molar-refractivity contribution in [2.75, 3.05) is 11.1 Å². The molecule has 2 rings (SSSR count). The molecule has 1 amide bonds. The zero-order chi connectivity index (χ0) is 16.3. The van der Waals surface area contributed by atoms with Crippen molar-refractivity contribution >= 4 is 39.3 Å². The minimum atomic E-state index is -0.220. The lowest BCUT2D eigenvalue weighted by Gasteiger charge is -2.19. The van der Waals surface area contributed by atoms with E-state index < -0.39 is 0 Å². The van der Waals surface area contributed by atoms with Crippen LogP contribution in [-0.2, 0) is 10.3 Å². The molecule has 0 saturated carbocycles. The first-order chi connectivity index (χ1) is 10.3. The first-order valence-electron chi connectivity index (χ1n) is 6.75. The number of tetrazole rings is 1. The van der Waals surface area contributed by atoms with Crippen molar-refractivity contribution in [1.29, 1.82) is 0 Å². The first kappa shape index (κ1) is 17.0. The van der Waals surface area contributed by atoms with Crippen molar-refractivity contribution in [2.24, 2.45) is 0 Å². The molecule has 0 aliphatic carbocycles. The maximum Gasteiger partial charge on any atom is 0.234 e. The summed E-state index contributed by atoms with van der Waals surface area (Å²) in [4.78, 5) is 12.1. The smallest absolute Gasteiger partial charge is 0.234 e. The summed E-state index contributed by atoms with van der Waals surface area (Å²) in [5, 5.41) is 15.1. The van der Waals surface area contributed by atoms with Gasteiger partial charge in [0.1, 0.15) is 0 Å². The number of amides is 1. The van der Waals surface area contributed by atoms with Gasteiger partial charge in [-0.2, -0.15) is 0 Å². The van der Waals surface area contributed by atoms with E-state index in [1.54, 1.807) is 4.68 Å². The Hall–Kier alpha value is -1.41. The fourth-order valence-corrected chi connectivity index (χ4v) is 3.18. The first-order valence-corrected chi connectivity index (χ1v) is 8.53. The molecule has 0 bridgehead atoms. The molecule has 0 fully saturated rings. The molecular formula is C14H18BrN5OS. The largest absolute Gasteiger partial charge is 0.324 e. The van der Waals surface area contributed by atoms with Crippen LogP contribution in [0.25, 0.3) is 0 Å². The minimum Gasteiger partial charge on any atom is -0.324 e. The monoisotopic (exact) mass is 383 g/mol. The molecule has 118 valence electrons. The lowest BCUT2D eigenvalue weighted by atomic mass is 10.1. The molecule has 8 heteroatoms. The van der Waals surface area contributed by atoms with E-state index in [0.29, 0.717) is 5.16 Å². The summed E-state index contributed by atoms with van der Waals surface area (Å²) in [5.41, 5.74) is 1.66. The fourth-order valence-electron chi connectivity index (χ4n) is 1.73.